The van der Waals surface area contributed by atoms with Crippen LogP contribution >= 0.6 is 11.3 Å². The summed E-state index contributed by atoms with van der Waals surface area (Å²) >= 11 is 1.54. The van der Waals surface area contributed by atoms with Crippen LogP contribution in [0.1, 0.15) is 37.7 Å². The van der Waals surface area contributed by atoms with E-state index in [9.17, 15) is 4.79 Å². The molecule has 2 heterocycles. The number of carbonyl (C=O) groups is 1. The molecule has 5 heteroatoms. The maximum absolute atomic E-state index is 12.0. The second kappa shape index (κ2) is 6.54. The molecule has 0 saturated carbocycles. The van der Waals surface area contributed by atoms with Crippen molar-refractivity contribution in [2.45, 2.75) is 45.1 Å². The van der Waals surface area contributed by atoms with Gasteiger partial charge in [-0.3, -0.25) is 4.79 Å². The summed E-state index contributed by atoms with van der Waals surface area (Å²) in [5.74, 6) is 0.0677. The largest absolute Gasteiger partial charge is 0.314 e. The Balaban J connectivity index is 1.55. The van der Waals surface area contributed by atoms with Crippen LogP contribution in [0.3, 0.4) is 0 Å². The van der Waals surface area contributed by atoms with E-state index in [2.05, 4.69) is 28.6 Å². The first-order valence-electron chi connectivity index (χ1n) is 7.61. The van der Waals surface area contributed by atoms with E-state index >= 15 is 0 Å². The number of nitrogens with zero attached hydrogens (tertiary/aromatic N) is 1. The van der Waals surface area contributed by atoms with Gasteiger partial charge in [-0.1, -0.05) is 23.8 Å². The van der Waals surface area contributed by atoms with Crippen molar-refractivity contribution in [2.75, 3.05) is 11.9 Å². The molecule has 2 aromatic rings. The minimum atomic E-state index is 0.0677. The van der Waals surface area contributed by atoms with E-state index in [0.29, 0.717) is 17.6 Å². The highest BCUT2D eigenvalue weighted by Crippen LogP contribution is 2.26. The maximum Gasteiger partial charge on any atom is 0.226 e. The van der Waals surface area contributed by atoms with Crippen molar-refractivity contribution in [3.8, 4) is 0 Å². The van der Waals surface area contributed by atoms with E-state index in [1.54, 1.807) is 11.3 Å². The van der Waals surface area contributed by atoms with E-state index < -0.39 is 0 Å². The summed E-state index contributed by atoms with van der Waals surface area (Å²) in [7, 11) is 0. The molecule has 0 radical (unpaired) electrons. The molecule has 4 nitrogen and oxygen atoms in total. The van der Waals surface area contributed by atoms with Crippen LogP contribution in [0.5, 0.6) is 0 Å². The third-order valence-electron chi connectivity index (χ3n) is 3.92. The third-order valence-corrected chi connectivity index (χ3v) is 4.86. The number of fused-ring (bicyclic) bond motifs is 1. The Hall–Kier alpha value is -1.46. The average Bonchev–Trinajstić information content (AvgIpc) is 2.87. The first-order valence-corrected chi connectivity index (χ1v) is 8.43. The standard InChI is InChI=1S/C16H21N3OS/c1-11-5-7-13-14(10-11)21-16(18-13)19-15(20)8-6-12-4-2-3-9-17-12/h5,7,10,12,17H,2-4,6,8-9H2,1H3,(H,18,19,20). The summed E-state index contributed by atoms with van der Waals surface area (Å²) < 4.78 is 1.12. The van der Waals surface area contributed by atoms with Crippen molar-refractivity contribution < 1.29 is 4.79 Å². The van der Waals surface area contributed by atoms with Crippen molar-refractivity contribution >= 4 is 32.6 Å². The fraction of sp³-hybridized carbons (Fsp3) is 0.500. The normalized spacial score (nSPS) is 18.8. The highest BCUT2D eigenvalue weighted by molar-refractivity contribution is 7.22. The Morgan fingerprint density at radius 3 is 3.19 bits per heavy atom. The van der Waals surface area contributed by atoms with Gasteiger partial charge in [-0.15, -0.1) is 0 Å². The Kier molecular flexibility index (Phi) is 4.51. The molecular formula is C16H21N3OS. The van der Waals surface area contributed by atoms with Crippen LogP contribution in [0.15, 0.2) is 18.2 Å². The molecule has 1 amide bonds. The van der Waals surface area contributed by atoms with Crippen LogP contribution in [0, 0.1) is 6.92 Å². The number of hydrogen-bond acceptors (Lipinski definition) is 4. The number of piperidine rings is 1. The zero-order valence-electron chi connectivity index (χ0n) is 12.3. The summed E-state index contributed by atoms with van der Waals surface area (Å²) in [6.45, 7) is 3.15. The lowest BCUT2D eigenvalue weighted by Gasteiger charge is -2.22. The maximum atomic E-state index is 12.0. The molecular weight excluding hydrogens is 282 g/mol. The number of anilines is 1. The molecule has 0 aliphatic carbocycles. The molecule has 1 unspecified atom stereocenters. The SMILES string of the molecule is Cc1ccc2nc(NC(=O)CCC3CCCCN3)sc2c1. The number of nitrogens with one attached hydrogen (secondary N) is 2. The molecule has 1 aliphatic heterocycles. The first-order chi connectivity index (χ1) is 10.2. The van der Waals surface area contributed by atoms with Gasteiger partial charge in [-0.25, -0.2) is 4.98 Å². The summed E-state index contributed by atoms with van der Waals surface area (Å²) in [6.07, 6.45) is 5.19. The topological polar surface area (TPSA) is 54.0 Å². The zero-order chi connectivity index (χ0) is 14.7. The Morgan fingerprint density at radius 2 is 2.38 bits per heavy atom. The van der Waals surface area contributed by atoms with E-state index in [1.807, 2.05) is 12.1 Å². The number of carbonyl (C=O) groups excluding carboxylic acids is 1. The van der Waals surface area contributed by atoms with Gasteiger partial charge in [0.1, 0.15) is 0 Å². The molecule has 0 bridgehead atoms. The lowest BCUT2D eigenvalue weighted by Crippen LogP contribution is -2.34. The van der Waals surface area contributed by atoms with Crippen molar-refractivity contribution in [1.82, 2.24) is 10.3 Å². The van der Waals surface area contributed by atoms with Crippen molar-refractivity contribution in [1.29, 1.82) is 0 Å². The lowest BCUT2D eigenvalue weighted by atomic mass is 10.0. The van der Waals surface area contributed by atoms with Gasteiger partial charge in [0, 0.05) is 12.5 Å². The number of amides is 1. The molecule has 112 valence electrons. The van der Waals surface area contributed by atoms with Gasteiger partial charge in [-0.2, -0.15) is 0 Å². The van der Waals surface area contributed by atoms with E-state index in [-0.39, 0.29) is 5.91 Å². The summed E-state index contributed by atoms with van der Waals surface area (Å²) in [6, 6.07) is 6.65. The zero-order valence-corrected chi connectivity index (χ0v) is 13.1. The van der Waals surface area contributed by atoms with Gasteiger partial charge in [0.25, 0.3) is 0 Å². The van der Waals surface area contributed by atoms with E-state index in [0.717, 1.165) is 23.2 Å². The quantitative estimate of drug-likeness (QED) is 0.909. The number of rotatable bonds is 4. The predicted molar refractivity (Wildman–Crippen MR) is 87.9 cm³/mol. The molecule has 3 rings (SSSR count). The van der Waals surface area contributed by atoms with Crippen molar-refractivity contribution in [3.05, 3.63) is 23.8 Å². The van der Waals surface area contributed by atoms with Crippen LogP contribution in [-0.4, -0.2) is 23.5 Å². The molecule has 1 atom stereocenters. The van der Waals surface area contributed by atoms with E-state index in [4.69, 9.17) is 0 Å². The Morgan fingerprint density at radius 1 is 1.48 bits per heavy atom. The first kappa shape index (κ1) is 14.5. The Bertz CT molecular complexity index is 631. The fourth-order valence-electron chi connectivity index (χ4n) is 2.74. The van der Waals surface area contributed by atoms with Crippen LogP contribution in [-0.2, 0) is 4.79 Å². The molecule has 1 saturated heterocycles. The lowest BCUT2D eigenvalue weighted by molar-refractivity contribution is -0.116. The minimum absolute atomic E-state index is 0.0677. The molecule has 0 spiro atoms. The smallest absolute Gasteiger partial charge is 0.226 e. The number of thiazole rings is 1. The average molecular weight is 303 g/mol. The van der Waals surface area contributed by atoms with Gasteiger partial charge in [-0.05, 0) is 50.4 Å². The van der Waals surface area contributed by atoms with Crippen LogP contribution in [0.2, 0.25) is 0 Å². The minimum Gasteiger partial charge on any atom is -0.314 e. The Labute approximate surface area is 129 Å². The van der Waals surface area contributed by atoms with Gasteiger partial charge in [0.15, 0.2) is 5.13 Å². The molecule has 2 N–H and O–H groups in total. The molecule has 1 aliphatic rings. The summed E-state index contributed by atoms with van der Waals surface area (Å²) in [5.41, 5.74) is 2.17. The van der Waals surface area contributed by atoms with Crippen LogP contribution < -0.4 is 10.6 Å². The number of hydrogen-bond donors (Lipinski definition) is 2. The van der Waals surface area contributed by atoms with E-state index in [1.165, 1.54) is 24.8 Å². The monoisotopic (exact) mass is 303 g/mol. The third kappa shape index (κ3) is 3.80. The van der Waals surface area contributed by atoms with Gasteiger partial charge in [0.2, 0.25) is 5.91 Å². The van der Waals surface area contributed by atoms with Crippen LogP contribution in [0.4, 0.5) is 5.13 Å². The van der Waals surface area contributed by atoms with Crippen LogP contribution in [0.25, 0.3) is 10.2 Å². The molecule has 1 aromatic carbocycles. The van der Waals surface area contributed by atoms with Crippen molar-refractivity contribution in [2.24, 2.45) is 0 Å². The molecule has 1 fully saturated rings. The second-order valence-electron chi connectivity index (χ2n) is 5.72. The number of benzene rings is 1. The highest BCUT2D eigenvalue weighted by atomic mass is 32.1. The van der Waals surface area contributed by atoms with Gasteiger partial charge >= 0.3 is 0 Å². The van der Waals surface area contributed by atoms with Gasteiger partial charge < -0.3 is 10.6 Å². The fourth-order valence-corrected chi connectivity index (χ4v) is 3.72. The molecule has 1 aromatic heterocycles. The summed E-state index contributed by atoms with van der Waals surface area (Å²) in [5, 5.41) is 7.11. The molecule has 21 heavy (non-hydrogen) atoms. The number of aromatic nitrogens is 1. The highest BCUT2D eigenvalue weighted by Gasteiger charge is 2.14. The van der Waals surface area contributed by atoms with Crippen molar-refractivity contribution in [3.63, 3.8) is 0 Å². The van der Waals surface area contributed by atoms with Gasteiger partial charge in [0.05, 0.1) is 10.2 Å². The second-order valence-corrected chi connectivity index (χ2v) is 6.75. The predicted octanol–water partition coefficient (Wildman–Crippen LogP) is 3.47. The summed E-state index contributed by atoms with van der Waals surface area (Å²) in [4.78, 5) is 16.5. The number of aryl methyl sites for hydroxylation is 1.